The highest BCUT2D eigenvalue weighted by Gasteiger charge is 2.09. The summed E-state index contributed by atoms with van der Waals surface area (Å²) < 4.78 is 0. The molecule has 1 heteroatoms. The maximum Gasteiger partial charge on any atom is 0.0428 e. The third-order valence-corrected chi connectivity index (χ3v) is 1.79. The molecule has 0 heterocycles. The summed E-state index contributed by atoms with van der Waals surface area (Å²) in [5.41, 5.74) is 2.57. The molecule has 0 aromatic heterocycles. The molecule has 1 aliphatic rings. The van der Waals surface area contributed by atoms with Crippen LogP contribution in [0.5, 0.6) is 0 Å². The van der Waals surface area contributed by atoms with Gasteiger partial charge in [-0.2, -0.15) is 0 Å². The minimum Gasteiger partial charge on any atom is -0.269 e. The highest BCUT2D eigenvalue weighted by molar-refractivity contribution is 5.36. The van der Waals surface area contributed by atoms with E-state index in [1.54, 1.807) is 0 Å². The van der Waals surface area contributed by atoms with Gasteiger partial charge in [0, 0.05) is 5.70 Å². The Morgan fingerprint density at radius 2 is 2.30 bits per heavy atom. The first-order chi connectivity index (χ1) is 4.88. The third-order valence-electron chi connectivity index (χ3n) is 1.79. The van der Waals surface area contributed by atoms with E-state index >= 15 is 0 Å². The van der Waals surface area contributed by atoms with Gasteiger partial charge >= 0.3 is 0 Å². The number of hydrogen-bond donors (Lipinski definition) is 0. The van der Waals surface area contributed by atoms with Gasteiger partial charge in [-0.05, 0) is 38.5 Å². The highest BCUT2D eigenvalue weighted by atomic mass is 14.7. The minimum absolute atomic E-state index is 1.11. The summed E-state index contributed by atoms with van der Waals surface area (Å²) in [7, 11) is 0. The van der Waals surface area contributed by atoms with E-state index in [0.717, 1.165) is 6.42 Å². The molecule has 0 bridgehead atoms. The molecule has 1 rings (SSSR count). The third kappa shape index (κ3) is 1.35. The predicted molar refractivity (Wildman–Crippen MR) is 45.2 cm³/mol. The average Bonchev–Trinajstić information content (AvgIpc) is 2.36. The van der Waals surface area contributed by atoms with Crippen molar-refractivity contribution in [1.29, 1.82) is 0 Å². The first kappa shape index (κ1) is 7.26. The van der Waals surface area contributed by atoms with Gasteiger partial charge in [-0.3, -0.25) is 4.99 Å². The van der Waals surface area contributed by atoms with Crippen LogP contribution >= 0.6 is 0 Å². The lowest BCUT2D eigenvalue weighted by atomic mass is 10.2. The van der Waals surface area contributed by atoms with E-state index in [4.69, 9.17) is 0 Å². The zero-order valence-electron chi connectivity index (χ0n) is 6.43. The molecular formula is C9H13N. The molecule has 0 saturated carbocycles. The molecule has 0 fully saturated rings. The average molecular weight is 135 g/mol. The Hall–Kier alpha value is -0.850. The Morgan fingerprint density at radius 1 is 1.50 bits per heavy atom. The fourth-order valence-electron chi connectivity index (χ4n) is 1.31. The Morgan fingerprint density at radius 3 is 2.90 bits per heavy atom. The number of hydrogen-bond acceptors (Lipinski definition) is 1. The van der Waals surface area contributed by atoms with Crippen LogP contribution in [0.1, 0.15) is 26.2 Å². The van der Waals surface area contributed by atoms with Gasteiger partial charge in [-0.1, -0.05) is 12.2 Å². The van der Waals surface area contributed by atoms with Gasteiger partial charge in [0.25, 0.3) is 0 Å². The van der Waals surface area contributed by atoms with Crippen molar-refractivity contribution in [2.24, 2.45) is 4.99 Å². The first-order valence-corrected chi connectivity index (χ1v) is 3.70. The molecule has 54 valence electrons. The molecule has 0 amide bonds. The largest absolute Gasteiger partial charge is 0.269 e. The summed E-state index contributed by atoms with van der Waals surface area (Å²) >= 11 is 0. The van der Waals surface area contributed by atoms with Crippen LogP contribution in [0.15, 0.2) is 28.4 Å². The van der Waals surface area contributed by atoms with Crippen molar-refractivity contribution in [3.8, 4) is 0 Å². The van der Waals surface area contributed by atoms with Crippen LogP contribution < -0.4 is 0 Å². The second-order valence-corrected chi connectivity index (χ2v) is 2.48. The first-order valence-electron chi connectivity index (χ1n) is 3.70. The van der Waals surface area contributed by atoms with Gasteiger partial charge in [-0.15, -0.1) is 0 Å². The van der Waals surface area contributed by atoms with Crippen LogP contribution in [0.2, 0.25) is 0 Å². The van der Waals surface area contributed by atoms with Crippen LogP contribution in [0.4, 0.5) is 0 Å². The second-order valence-electron chi connectivity index (χ2n) is 2.48. The Bertz CT molecular complexity index is 187. The fourth-order valence-corrected chi connectivity index (χ4v) is 1.31. The molecule has 0 aromatic rings. The lowest BCUT2D eigenvalue weighted by Gasteiger charge is -1.92. The lowest BCUT2D eigenvalue weighted by Crippen LogP contribution is -1.73. The van der Waals surface area contributed by atoms with Gasteiger partial charge in [-0.25, -0.2) is 0 Å². The van der Waals surface area contributed by atoms with E-state index in [0.29, 0.717) is 0 Å². The van der Waals surface area contributed by atoms with Crippen molar-refractivity contribution in [3.05, 3.63) is 23.4 Å². The quantitative estimate of drug-likeness (QED) is 0.516. The number of nitrogens with zero attached hydrogens (tertiary/aromatic N) is 1. The van der Waals surface area contributed by atoms with Crippen molar-refractivity contribution < 1.29 is 0 Å². The maximum atomic E-state index is 3.97. The topological polar surface area (TPSA) is 12.4 Å². The van der Waals surface area contributed by atoms with Crippen molar-refractivity contribution >= 4 is 6.72 Å². The van der Waals surface area contributed by atoms with Gasteiger partial charge in [0.05, 0.1) is 0 Å². The molecule has 10 heavy (non-hydrogen) atoms. The van der Waals surface area contributed by atoms with Gasteiger partial charge in [0.15, 0.2) is 0 Å². The predicted octanol–water partition coefficient (Wildman–Crippen LogP) is 2.70. The summed E-state index contributed by atoms with van der Waals surface area (Å²) in [6, 6.07) is 0. The molecule has 0 N–H and O–H groups in total. The van der Waals surface area contributed by atoms with E-state index in [2.05, 4.69) is 23.9 Å². The van der Waals surface area contributed by atoms with E-state index < -0.39 is 0 Å². The lowest BCUT2D eigenvalue weighted by molar-refractivity contribution is 0.895. The van der Waals surface area contributed by atoms with Gasteiger partial charge in [0.1, 0.15) is 0 Å². The Balaban J connectivity index is 2.77. The Labute approximate surface area is 62.2 Å². The summed E-state index contributed by atoms with van der Waals surface area (Å²) in [5, 5.41) is 0. The summed E-state index contributed by atoms with van der Waals surface area (Å²) in [4.78, 5) is 3.97. The zero-order chi connectivity index (χ0) is 7.40. The summed E-state index contributed by atoms with van der Waals surface area (Å²) in [5.74, 6) is 0. The van der Waals surface area contributed by atoms with Crippen molar-refractivity contribution in [2.45, 2.75) is 26.2 Å². The molecule has 0 spiro atoms. The van der Waals surface area contributed by atoms with Crippen molar-refractivity contribution in [1.82, 2.24) is 0 Å². The summed E-state index contributed by atoms with van der Waals surface area (Å²) in [6.45, 7) is 5.57. The zero-order valence-corrected chi connectivity index (χ0v) is 6.43. The molecule has 0 atom stereocenters. The molecule has 0 radical (unpaired) electrons. The molecule has 0 unspecified atom stereocenters. The second kappa shape index (κ2) is 3.35. The minimum atomic E-state index is 1.11. The molecule has 0 saturated heterocycles. The monoisotopic (exact) mass is 135 g/mol. The molecule has 0 aliphatic heterocycles. The number of allylic oxidation sites excluding steroid dienone is 4. The van der Waals surface area contributed by atoms with Crippen LogP contribution in [0.25, 0.3) is 0 Å². The van der Waals surface area contributed by atoms with Gasteiger partial charge < -0.3 is 0 Å². The highest BCUT2D eigenvalue weighted by Crippen LogP contribution is 2.26. The van der Waals surface area contributed by atoms with E-state index in [1.165, 1.54) is 24.1 Å². The molecule has 1 aliphatic carbocycles. The van der Waals surface area contributed by atoms with Crippen LogP contribution in [0.3, 0.4) is 0 Å². The maximum absolute atomic E-state index is 3.97. The van der Waals surface area contributed by atoms with Crippen LogP contribution in [0, 0.1) is 0 Å². The summed E-state index contributed by atoms with van der Waals surface area (Å²) in [6.07, 6.45) is 7.73. The fraction of sp³-hybridized carbons (Fsp3) is 0.444. The molecule has 1 nitrogen and oxygen atoms in total. The van der Waals surface area contributed by atoms with Crippen molar-refractivity contribution in [3.63, 3.8) is 0 Å². The van der Waals surface area contributed by atoms with Crippen molar-refractivity contribution in [2.75, 3.05) is 0 Å². The smallest absolute Gasteiger partial charge is 0.0428 e. The standard InChI is InChI=1S/C9H13N/c1-3-5-8-6-4-7-9(8)10-2/h3,5H,2,4,6-7H2,1H3/b5-3-. The number of aliphatic imine (C=N–C) groups is 1. The van der Waals surface area contributed by atoms with Gasteiger partial charge in [0.2, 0.25) is 0 Å². The SMILES string of the molecule is C=NC1=C(/C=C\C)CCC1. The molecule has 0 aromatic carbocycles. The van der Waals surface area contributed by atoms with E-state index in [1.807, 2.05) is 6.92 Å². The van der Waals surface area contributed by atoms with E-state index in [-0.39, 0.29) is 0 Å². The number of rotatable bonds is 2. The Kier molecular flexibility index (Phi) is 2.43. The van der Waals surface area contributed by atoms with E-state index in [9.17, 15) is 0 Å². The normalized spacial score (nSPS) is 18.9. The molecular weight excluding hydrogens is 122 g/mol. The van der Waals surface area contributed by atoms with Crippen LogP contribution in [-0.2, 0) is 0 Å². The van der Waals surface area contributed by atoms with Crippen LogP contribution in [-0.4, -0.2) is 6.72 Å².